The summed E-state index contributed by atoms with van der Waals surface area (Å²) < 4.78 is 68.3. The molecule has 1 rings (SSSR count). The predicted octanol–water partition coefficient (Wildman–Crippen LogP) is 1.82. The molecule has 1 atom stereocenters. The minimum Gasteiger partial charge on any atom is -0.302 e. The van der Waals surface area contributed by atoms with Gasteiger partial charge in [-0.1, -0.05) is 0 Å². The van der Waals surface area contributed by atoms with Gasteiger partial charge in [-0.25, -0.2) is 21.8 Å². The van der Waals surface area contributed by atoms with Gasteiger partial charge in [0.05, 0.1) is 0 Å². The quantitative estimate of drug-likeness (QED) is 0.335. The van der Waals surface area contributed by atoms with Crippen LogP contribution < -0.4 is 0 Å². The van der Waals surface area contributed by atoms with E-state index >= 15 is 0 Å². The molecule has 0 heterocycles. The zero-order valence-corrected chi connectivity index (χ0v) is 6.67. The topological polar surface area (TPSA) is 37.3 Å². The van der Waals surface area contributed by atoms with Crippen molar-refractivity contribution in [2.75, 3.05) is 0 Å². The predicted molar refractivity (Wildman–Crippen MR) is 35.3 cm³/mol. The average molecular weight is 214 g/mol. The highest BCUT2D eigenvalue weighted by molar-refractivity contribution is 7.79. The fourth-order valence-electron chi connectivity index (χ4n) is 0.710. The molecule has 72 valence electrons. The summed E-state index contributed by atoms with van der Waals surface area (Å²) >= 11 is -3.03. The third kappa shape index (κ3) is 1.70. The summed E-state index contributed by atoms with van der Waals surface area (Å²) in [5.41, 5.74) is 0. The average Bonchev–Trinajstić information content (AvgIpc) is 1.99. The van der Waals surface area contributed by atoms with Crippen LogP contribution in [0.1, 0.15) is 0 Å². The number of benzene rings is 1. The Hall–Kier alpha value is -0.950. The van der Waals surface area contributed by atoms with E-state index < -0.39 is 39.2 Å². The van der Waals surface area contributed by atoms with Crippen LogP contribution in [0, 0.1) is 23.3 Å². The lowest BCUT2D eigenvalue weighted by Gasteiger charge is -2.01. The minimum atomic E-state index is -3.03. The summed E-state index contributed by atoms with van der Waals surface area (Å²) in [4.78, 5) is -1.39. The zero-order valence-electron chi connectivity index (χ0n) is 5.85. The minimum absolute atomic E-state index is 0.00185. The Kier molecular flexibility index (Phi) is 2.67. The molecular formula is C6H2F4O2S. The van der Waals surface area contributed by atoms with Crippen LogP contribution in [0.5, 0.6) is 0 Å². The Morgan fingerprint density at radius 3 is 2.08 bits per heavy atom. The van der Waals surface area contributed by atoms with Crippen LogP contribution in [-0.4, -0.2) is 8.76 Å². The molecule has 0 aliphatic rings. The highest BCUT2D eigenvalue weighted by atomic mass is 32.2. The van der Waals surface area contributed by atoms with E-state index in [4.69, 9.17) is 4.55 Å². The molecule has 0 spiro atoms. The molecule has 0 amide bonds. The maximum Gasteiger partial charge on any atom is 0.195 e. The number of hydrogen-bond donors (Lipinski definition) is 1. The smallest absolute Gasteiger partial charge is 0.195 e. The highest BCUT2D eigenvalue weighted by Gasteiger charge is 2.22. The molecular weight excluding hydrogens is 212 g/mol. The van der Waals surface area contributed by atoms with Crippen LogP contribution in [0.15, 0.2) is 11.0 Å². The normalized spacial score (nSPS) is 13.0. The molecule has 0 bridgehead atoms. The molecule has 1 N–H and O–H groups in total. The summed E-state index contributed by atoms with van der Waals surface area (Å²) in [5, 5.41) is 0. The molecule has 1 aromatic rings. The summed E-state index contributed by atoms with van der Waals surface area (Å²) in [7, 11) is 0. The van der Waals surface area contributed by atoms with Crippen molar-refractivity contribution in [3.8, 4) is 0 Å². The van der Waals surface area contributed by atoms with Crippen molar-refractivity contribution in [1.82, 2.24) is 0 Å². The van der Waals surface area contributed by atoms with Gasteiger partial charge in [-0.3, -0.25) is 0 Å². The van der Waals surface area contributed by atoms with Gasteiger partial charge in [-0.15, -0.1) is 0 Å². The maximum atomic E-state index is 12.6. The molecule has 0 radical (unpaired) electrons. The second-order valence-corrected chi connectivity index (χ2v) is 2.95. The Balaban J connectivity index is 3.53. The molecule has 0 aliphatic carbocycles. The van der Waals surface area contributed by atoms with Gasteiger partial charge >= 0.3 is 0 Å². The first-order valence-corrected chi connectivity index (χ1v) is 3.99. The molecule has 0 saturated heterocycles. The van der Waals surface area contributed by atoms with Crippen LogP contribution in [0.3, 0.4) is 0 Å². The second kappa shape index (κ2) is 3.43. The number of halogens is 4. The Morgan fingerprint density at radius 2 is 1.62 bits per heavy atom. The van der Waals surface area contributed by atoms with Gasteiger partial charge < -0.3 is 4.55 Å². The fraction of sp³-hybridized carbons (Fsp3) is 0. The zero-order chi connectivity index (χ0) is 10.2. The van der Waals surface area contributed by atoms with Gasteiger partial charge in [-0.05, 0) is 0 Å². The summed E-state index contributed by atoms with van der Waals surface area (Å²) in [5.74, 6) is -7.31. The van der Waals surface area contributed by atoms with Gasteiger partial charge in [0.25, 0.3) is 0 Å². The lowest BCUT2D eigenvalue weighted by Crippen LogP contribution is -2.03. The van der Waals surface area contributed by atoms with Crippen LogP contribution >= 0.6 is 0 Å². The molecule has 13 heavy (non-hydrogen) atoms. The molecule has 1 aromatic carbocycles. The van der Waals surface area contributed by atoms with Gasteiger partial charge in [0.1, 0.15) is 10.7 Å². The molecule has 0 aliphatic heterocycles. The van der Waals surface area contributed by atoms with E-state index in [1.54, 1.807) is 0 Å². The van der Waals surface area contributed by atoms with Crippen molar-refractivity contribution in [1.29, 1.82) is 0 Å². The van der Waals surface area contributed by atoms with E-state index in [0.717, 1.165) is 0 Å². The van der Waals surface area contributed by atoms with Crippen molar-refractivity contribution in [2.24, 2.45) is 0 Å². The largest absolute Gasteiger partial charge is 0.302 e. The summed E-state index contributed by atoms with van der Waals surface area (Å²) in [6, 6.07) is 0.00185. The summed E-state index contributed by atoms with van der Waals surface area (Å²) in [6.07, 6.45) is 0. The van der Waals surface area contributed by atoms with E-state index in [9.17, 15) is 21.8 Å². The third-order valence-electron chi connectivity index (χ3n) is 1.25. The molecule has 0 fully saturated rings. The first kappa shape index (κ1) is 10.1. The van der Waals surface area contributed by atoms with Gasteiger partial charge in [0, 0.05) is 6.07 Å². The Bertz CT molecular complexity index is 379. The molecule has 2 nitrogen and oxygen atoms in total. The van der Waals surface area contributed by atoms with Crippen molar-refractivity contribution in [3.63, 3.8) is 0 Å². The monoisotopic (exact) mass is 214 g/mol. The van der Waals surface area contributed by atoms with Crippen LogP contribution in [0.2, 0.25) is 0 Å². The fourth-order valence-corrected chi connectivity index (χ4v) is 1.18. The van der Waals surface area contributed by atoms with Gasteiger partial charge in [0.2, 0.25) is 0 Å². The number of rotatable bonds is 1. The Labute approximate surface area is 72.5 Å². The van der Waals surface area contributed by atoms with Crippen LogP contribution in [-0.2, 0) is 11.1 Å². The van der Waals surface area contributed by atoms with Crippen LogP contribution in [0.4, 0.5) is 17.6 Å². The lowest BCUT2D eigenvalue weighted by atomic mass is 10.3. The highest BCUT2D eigenvalue weighted by Crippen LogP contribution is 2.21. The van der Waals surface area contributed by atoms with Crippen LogP contribution in [0.25, 0.3) is 0 Å². The van der Waals surface area contributed by atoms with Crippen molar-refractivity contribution < 1.29 is 26.3 Å². The van der Waals surface area contributed by atoms with E-state index in [1.165, 1.54) is 0 Å². The third-order valence-corrected chi connectivity index (χ3v) is 1.97. The first-order valence-electron chi connectivity index (χ1n) is 2.89. The first-order chi connectivity index (χ1) is 5.95. The van der Waals surface area contributed by atoms with E-state index in [-0.39, 0.29) is 6.07 Å². The maximum absolute atomic E-state index is 12.6. The SMILES string of the molecule is O=S(O)c1c(F)cc(F)c(F)c1F. The molecule has 7 heteroatoms. The summed E-state index contributed by atoms with van der Waals surface area (Å²) in [6.45, 7) is 0. The molecule has 1 unspecified atom stereocenters. The second-order valence-electron chi connectivity index (χ2n) is 2.05. The van der Waals surface area contributed by atoms with Gasteiger partial charge in [-0.2, -0.15) is 0 Å². The van der Waals surface area contributed by atoms with Gasteiger partial charge in [0.15, 0.2) is 28.5 Å². The van der Waals surface area contributed by atoms with E-state index in [2.05, 4.69) is 0 Å². The van der Waals surface area contributed by atoms with E-state index in [0.29, 0.717) is 0 Å². The molecule has 0 saturated carbocycles. The molecule has 0 aromatic heterocycles. The van der Waals surface area contributed by atoms with Crippen molar-refractivity contribution in [3.05, 3.63) is 29.3 Å². The lowest BCUT2D eigenvalue weighted by molar-refractivity contribution is 0.409. The number of hydrogen-bond acceptors (Lipinski definition) is 1. The van der Waals surface area contributed by atoms with E-state index in [1.807, 2.05) is 0 Å². The standard InChI is InChI=1S/C6H2F4O2S/c7-2-1-3(8)6(13(11)12)5(10)4(2)9/h1H,(H,11,12). The van der Waals surface area contributed by atoms with Crippen molar-refractivity contribution >= 4 is 11.1 Å². The Morgan fingerprint density at radius 1 is 1.08 bits per heavy atom. The van der Waals surface area contributed by atoms with Crippen molar-refractivity contribution in [2.45, 2.75) is 4.90 Å².